The zero-order chi connectivity index (χ0) is 10.1. The average molecular weight is 187 g/mol. The fourth-order valence-electron chi connectivity index (χ4n) is 1.14. The third-order valence-corrected chi connectivity index (χ3v) is 1.85. The molecule has 0 unspecified atom stereocenters. The number of ether oxygens (including phenoxy) is 1. The normalized spacial score (nSPS) is 10.5. The standard InChI is InChI=1S/C10H21NO2/c1-4-6-7-8-11(3)9-10(12)13-5-2/h4-9H2,1-3H3. The summed E-state index contributed by atoms with van der Waals surface area (Å²) in [6.07, 6.45) is 3.60. The van der Waals surface area contributed by atoms with Gasteiger partial charge in [0.05, 0.1) is 13.2 Å². The van der Waals surface area contributed by atoms with Crippen molar-refractivity contribution in [1.82, 2.24) is 4.90 Å². The molecule has 78 valence electrons. The zero-order valence-corrected chi connectivity index (χ0v) is 9.01. The van der Waals surface area contributed by atoms with E-state index in [-0.39, 0.29) is 5.97 Å². The van der Waals surface area contributed by atoms with Crippen molar-refractivity contribution >= 4 is 5.97 Å². The minimum Gasteiger partial charge on any atom is -0.465 e. The van der Waals surface area contributed by atoms with Gasteiger partial charge in [-0.25, -0.2) is 0 Å². The van der Waals surface area contributed by atoms with Crippen LogP contribution in [0.3, 0.4) is 0 Å². The highest BCUT2D eigenvalue weighted by Crippen LogP contribution is 1.96. The third-order valence-electron chi connectivity index (χ3n) is 1.85. The average Bonchev–Trinajstić information content (AvgIpc) is 2.05. The second kappa shape index (κ2) is 8.05. The Hall–Kier alpha value is -0.570. The van der Waals surface area contributed by atoms with Gasteiger partial charge >= 0.3 is 5.97 Å². The minimum absolute atomic E-state index is 0.124. The van der Waals surface area contributed by atoms with E-state index in [0.717, 1.165) is 13.0 Å². The maximum Gasteiger partial charge on any atom is 0.320 e. The Morgan fingerprint density at radius 1 is 1.31 bits per heavy atom. The third kappa shape index (κ3) is 7.78. The Morgan fingerprint density at radius 3 is 2.54 bits per heavy atom. The first-order valence-corrected chi connectivity index (χ1v) is 5.04. The molecule has 0 heterocycles. The number of rotatable bonds is 7. The van der Waals surface area contributed by atoms with Crippen LogP contribution in [-0.4, -0.2) is 37.6 Å². The Bertz CT molecular complexity index is 137. The number of hydrogen-bond donors (Lipinski definition) is 0. The molecule has 0 fully saturated rings. The number of carbonyl (C=O) groups is 1. The highest BCUT2D eigenvalue weighted by molar-refractivity contribution is 5.71. The molecule has 0 radical (unpaired) electrons. The van der Waals surface area contributed by atoms with E-state index < -0.39 is 0 Å². The second-order valence-corrected chi connectivity index (χ2v) is 3.25. The summed E-state index contributed by atoms with van der Waals surface area (Å²) in [6, 6.07) is 0. The van der Waals surface area contributed by atoms with E-state index in [1.807, 2.05) is 18.9 Å². The highest BCUT2D eigenvalue weighted by atomic mass is 16.5. The van der Waals surface area contributed by atoms with Crippen molar-refractivity contribution in [2.24, 2.45) is 0 Å². The van der Waals surface area contributed by atoms with Gasteiger partial charge in [-0.05, 0) is 26.9 Å². The Morgan fingerprint density at radius 2 is 2.00 bits per heavy atom. The molecule has 0 aliphatic carbocycles. The molecule has 0 N–H and O–H groups in total. The van der Waals surface area contributed by atoms with Crippen LogP contribution < -0.4 is 0 Å². The van der Waals surface area contributed by atoms with Crippen molar-refractivity contribution in [3.8, 4) is 0 Å². The smallest absolute Gasteiger partial charge is 0.320 e. The Labute approximate surface area is 81.1 Å². The molecule has 0 bridgehead atoms. The quantitative estimate of drug-likeness (QED) is 0.448. The first kappa shape index (κ1) is 12.4. The summed E-state index contributed by atoms with van der Waals surface area (Å²) >= 11 is 0. The summed E-state index contributed by atoms with van der Waals surface area (Å²) in [5, 5.41) is 0. The lowest BCUT2D eigenvalue weighted by Gasteiger charge is -2.14. The van der Waals surface area contributed by atoms with Gasteiger partial charge in [-0.1, -0.05) is 19.8 Å². The van der Waals surface area contributed by atoms with Gasteiger partial charge < -0.3 is 4.74 Å². The Kier molecular flexibility index (Phi) is 7.69. The first-order chi connectivity index (χ1) is 6.20. The van der Waals surface area contributed by atoms with Crippen LogP contribution in [0.2, 0.25) is 0 Å². The highest BCUT2D eigenvalue weighted by Gasteiger charge is 2.05. The first-order valence-electron chi connectivity index (χ1n) is 5.04. The van der Waals surface area contributed by atoms with E-state index in [4.69, 9.17) is 4.74 Å². The van der Waals surface area contributed by atoms with Gasteiger partial charge in [-0.3, -0.25) is 9.69 Å². The molecule has 0 aromatic heterocycles. The van der Waals surface area contributed by atoms with Gasteiger partial charge in [0.15, 0.2) is 0 Å². The van der Waals surface area contributed by atoms with Crippen LogP contribution >= 0.6 is 0 Å². The van der Waals surface area contributed by atoms with Crippen LogP contribution in [0, 0.1) is 0 Å². The predicted molar refractivity (Wildman–Crippen MR) is 53.7 cm³/mol. The van der Waals surface area contributed by atoms with Crippen molar-refractivity contribution in [2.75, 3.05) is 26.7 Å². The molecule has 0 atom stereocenters. The topological polar surface area (TPSA) is 29.5 Å². The second-order valence-electron chi connectivity index (χ2n) is 3.25. The monoisotopic (exact) mass is 187 g/mol. The largest absolute Gasteiger partial charge is 0.465 e. The van der Waals surface area contributed by atoms with E-state index in [0.29, 0.717) is 13.2 Å². The molecule has 3 nitrogen and oxygen atoms in total. The van der Waals surface area contributed by atoms with Crippen LogP contribution in [0.15, 0.2) is 0 Å². The maximum atomic E-state index is 11.0. The molecule has 3 heteroatoms. The van der Waals surface area contributed by atoms with Crippen LogP contribution in [0.5, 0.6) is 0 Å². The van der Waals surface area contributed by atoms with Gasteiger partial charge in [-0.2, -0.15) is 0 Å². The van der Waals surface area contributed by atoms with Crippen molar-refractivity contribution in [1.29, 1.82) is 0 Å². The van der Waals surface area contributed by atoms with E-state index in [9.17, 15) is 4.79 Å². The lowest BCUT2D eigenvalue weighted by molar-refractivity contribution is -0.144. The van der Waals surface area contributed by atoms with Gasteiger partial charge in [0, 0.05) is 0 Å². The van der Waals surface area contributed by atoms with Gasteiger partial charge in [-0.15, -0.1) is 0 Å². The van der Waals surface area contributed by atoms with Gasteiger partial charge in [0.2, 0.25) is 0 Å². The van der Waals surface area contributed by atoms with E-state index in [1.54, 1.807) is 0 Å². The lowest BCUT2D eigenvalue weighted by atomic mass is 10.2. The molecule has 0 saturated heterocycles. The van der Waals surface area contributed by atoms with E-state index >= 15 is 0 Å². The maximum absolute atomic E-state index is 11.0. The Balaban J connectivity index is 3.38. The molecule has 0 rings (SSSR count). The van der Waals surface area contributed by atoms with Crippen LogP contribution in [0.1, 0.15) is 33.1 Å². The van der Waals surface area contributed by atoms with Crippen LogP contribution in [-0.2, 0) is 9.53 Å². The van der Waals surface area contributed by atoms with Crippen molar-refractivity contribution in [2.45, 2.75) is 33.1 Å². The number of nitrogens with zero attached hydrogens (tertiary/aromatic N) is 1. The number of esters is 1. The molecule has 13 heavy (non-hydrogen) atoms. The number of hydrogen-bond acceptors (Lipinski definition) is 3. The molecule has 0 spiro atoms. The summed E-state index contributed by atoms with van der Waals surface area (Å²) in [5.74, 6) is -0.124. The molecule has 0 aromatic rings. The summed E-state index contributed by atoms with van der Waals surface area (Å²) in [5.41, 5.74) is 0. The van der Waals surface area contributed by atoms with Crippen LogP contribution in [0.25, 0.3) is 0 Å². The predicted octanol–water partition coefficient (Wildman–Crippen LogP) is 1.67. The molecule has 0 aromatic carbocycles. The number of unbranched alkanes of at least 4 members (excludes halogenated alkanes) is 2. The van der Waals surface area contributed by atoms with Crippen molar-refractivity contribution < 1.29 is 9.53 Å². The molecule has 0 aliphatic heterocycles. The van der Waals surface area contributed by atoms with Gasteiger partial charge in [0.1, 0.15) is 0 Å². The fourth-order valence-corrected chi connectivity index (χ4v) is 1.14. The molecular formula is C10H21NO2. The molecule has 0 amide bonds. The molecule has 0 saturated carbocycles. The summed E-state index contributed by atoms with van der Waals surface area (Å²) < 4.78 is 4.84. The zero-order valence-electron chi connectivity index (χ0n) is 9.01. The van der Waals surface area contributed by atoms with Crippen molar-refractivity contribution in [3.63, 3.8) is 0 Å². The van der Waals surface area contributed by atoms with E-state index in [1.165, 1.54) is 12.8 Å². The fraction of sp³-hybridized carbons (Fsp3) is 0.900. The lowest BCUT2D eigenvalue weighted by Crippen LogP contribution is -2.28. The summed E-state index contributed by atoms with van der Waals surface area (Å²) in [7, 11) is 1.95. The van der Waals surface area contributed by atoms with Gasteiger partial charge in [0.25, 0.3) is 0 Å². The molecule has 0 aliphatic rings. The molecular weight excluding hydrogens is 166 g/mol. The van der Waals surface area contributed by atoms with Crippen LogP contribution in [0.4, 0.5) is 0 Å². The SMILES string of the molecule is CCCCCN(C)CC(=O)OCC. The number of likely N-dealkylation sites (N-methyl/N-ethyl adjacent to an activating group) is 1. The minimum atomic E-state index is -0.124. The summed E-state index contributed by atoms with van der Waals surface area (Å²) in [4.78, 5) is 13.0. The van der Waals surface area contributed by atoms with Crippen molar-refractivity contribution in [3.05, 3.63) is 0 Å². The van der Waals surface area contributed by atoms with E-state index in [2.05, 4.69) is 6.92 Å². The summed E-state index contributed by atoms with van der Waals surface area (Å²) in [6.45, 7) is 5.87. The number of carbonyl (C=O) groups excluding carboxylic acids is 1.